The number of hydrogen-bond acceptors (Lipinski definition) is 3. The third-order valence-corrected chi connectivity index (χ3v) is 1.69. The molecule has 1 heterocycles. The van der Waals surface area contributed by atoms with Gasteiger partial charge in [-0.1, -0.05) is 0 Å². The molecule has 1 rings (SSSR count). The highest BCUT2D eigenvalue weighted by Gasteiger charge is 2.06. The molecule has 2 N–H and O–H groups in total. The molecule has 0 amide bonds. The van der Waals surface area contributed by atoms with Crippen LogP contribution in [0.1, 0.15) is 11.6 Å². The van der Waals surface area contributed by atoms with Gasteiger partial charge in [0.1, 0.15) is 0 Å². The van der Waals surface area contributed by atoms with Crippen LogP contribution < -0.4 is 4.84 Å². The Kier molecular flexibility index (Phi) is 3.29. The van der Waals surface area contributed by atoms with Crippen LogP contribution in [0.25, 0.3) is 0 Å². The van der Waals surface area contributed by atoms with Gasteiger partial charge < -0.3 is 5.11 Å². The first-order valence-electron chi connectivity index (χ1n) is 3.25. The average molecular weight is 173 g/mol. The number of aliphatic hydroxyl groups is 1. The highest BCUT2D eigenvalue weighted by molar-refractivity contribution is 6.13. The fourth-order valence-corrected chi connectivity index (χ4v) is 0.994. The Morgan fingerprint density at radius 3 is 2.64 bits per heavy atom. The predicted molar refractivity (Wildman–Crippen MR) is 43.1 cm³/mol. The summed E-state index contributed by atoms with van der Waals surface area (Å²) in [6.45, 7) is -0.0203. The van der Waals surface area contributed by atoms with Crippen molar-refractivity contribution in [2.24, 2.45) is 0 Å². The molecule has 0 aliphatic heterocycles. The molecule has 0 saturated carbocycles. The Morgan fingerprint density at radius 1 is 1.55 bits per heavy atom. The fraction of sp³-hybridized carbons (Fsp3) is 0.286. The van der Waals surface area contributed by atoms with E-state index in [0.29, 0.717) is 0 Å². The van der Waals surface area contributed by atoms with Crippen LogP contribution in [0.2, 0.25) is 0 Å². The SMILES string of the molecule is OC[C@H](NCl)c1ccncc1. The van der Waals surface area contributed by atoms with Crippen molar-refractivity contribution in [2.75, 3.05) is 6.61 Å². The molecule has 0 bridgehead atoms. The van der Waals surface area contributed by atoms with Gasteiger partial charge in [0, 0.05) is 12.4 Å². The van der Waals surface area contributed by atoms with Crippen LogP contribution in [0.3, 0.4) is 0 Å². The normalized spacial score (nSPS) is 12.9. The van der Waals surface area contributed by atoms with Crippen molar-refractivity contribution in [1.82, 2.24) is 9.82 Å². The van der Waals surface area contributed by atoms with Gasteiger partial charge in [0.05, 0.1) is 12.6 Å². The molecule has 0 aliphatic carbocycles. The summed E-state index contributed by atoms with van der Waals surface area (Å²) in [4.78, 5) is 6.31. The van der Waals surface area contributed by atoms with Gasteiger partial charge in [0.15, 0.2) is 0 Å². The van der Waals surface area contributed by atoms with E-state index in [1.165, 1.54) is 0 Å². The molecule has 0 saturated heterocycles. The Labute approximate surface area is 70.1 Å². The second-order valence-electron chi connectivity index (χ2n) is 2.12. The molecule has 1 atom stereocenters. The highest BCUT2D eigenvalue weighted by Crippen LogP contribution is 2.10. The van der Waals surface area contributed by atoms with E-state index in [9.17, 15) is 0 Å². The maximum Gasteiger partial charge on any atom is 0.0702 e. The Hall–Kier alpha value is -0.640. The highest BCUT2D eigenvalue weighted by atomic mass is 35.5. The van der Waals surface area contributed by atoms with Crippen molar-refractivity contribution in [3.05, 3.63) is 30.1 Å². The number of aliphatic hydroxyl groups excluding tert-OH is 1. The minimum atomic E-state index is -0.209. The van der Waals surface area contributed by atoms with Crippen LogP contribution in [0.4, 0.5) is 0 Å². The number of rotatable bonds is 3. The molecule has 0 aliphatic rings. The van der Waals surface area contributed by atoms with Crippen molar-refractivity contribution in [2.45, 2.75) is 6.04 Å². The zero-order chi connectivity index (χ0) is 8.10. The summed E-state index contributed by atoms with van der Waals surface area (Å²) in [6.07, 6.45) is 3.32. The minimum Gasteiger partial charge on any atom is -0.394 e. The number of halogens is 1. The first-order chi connectivity index (χ1) is 5.38. The van der Waals surface area contributed by atoms with E-state index in [-0.39, 0.29) is 12.6 Å². The van der Waals surface area contributed by atoms with Crippen molar-refractivity contribution in [3.63, 3.8) is 0 Å². The number of aromatic nitrogens is 1. The van der Waals surface area contributed by atoms with Gasteiger partial charge in [-0.25, -0.2) is 4.84 Å². The van der Waals surface area contributed by atoms with E-state index in [2.05, 4.69) is 9.82 Å². The van der Waals surface area contributed by atoms with Crippen LogP contribution in [-0.2, 0) is 0 Å². The van der Waals surface area contributed by atoms with Crippen LogP contribution in [0.15, 0.2) is 24.5 Å². The van der Waals surface area contributed by atoms with E-state index < -0.39 is 0 Å². The van der Waals surface area contributed by atoms with E-state index in [1.54, 1.807) is 24.5 Å². The largest absolute Gasteiger partial charge is 0.394 e. The number of hydrogen-bond donors (Lipinski definition) is 2. The lowest BCUT2D eigenvalue weighted by Gasteiger charge is -2.10. The van der Waals surface area contributed by atoms with E-state index in [4.69, 9.17) is 16.9 Å². The molecule has 60 valence electrons. The summed E-state index contributed by atoms with van der Waals surface area (Å²) in [6, 6.07) is 3.40. The molecule has 1 aromatic heterocycles. The van der Waals surface area contributed by atoms with Crippen molar-refractivity contribution >= 4 is 11.8 Å². The predicted octanol–water partition coefficient (Wildman–Crippen LogP) is 0.858. The molecule has 11 heavy (non-hydrogen) atoms. The van der Waals surface area contributed by atoms with E-state index in [0.717, 1.165) is 5.56 Å². The van der Waals surface area contributed by atoms with Gasteiger partial charge in [-0.05, 0) is 29.5 Å². The van der Waals surface area contributed by atoms with E-state index >= 15 is 0 Å². The molecule has 0 spiro atoms. The van der Waals surface area contributed by atoms with Crippen LogP contribution in [0.5, 0.6) is 0 Å². The maximum atomic E-state index is 8.81. The van der Waals surface area contributed by atoms with Gasteiger partial charge in [-0.15, -0.1) is 0 Å². The molecule has 1 aromatic rings. The molecule has 0 unspecified atom stereocenters. The van der Waals surface area contributed by atoms with Crippen LogP contribution in [-0.4, -0.2) is 16.7 Å². The molecule has 0 aromatic carbocycles. The van der Waals surface area contributed by atoms with Gasteiger partial charge in [0.2, 0.25) is 0 Å². The van der Waals surface area contributed by atoms with Gasteiger partial charge >= 0.3 is 0 Å². The molecular weight excluding hydrogens is 164 g/mol. The Morgan fingerprint density at radius 2 is 2.18 bits per heavy atom. The second-order valence-corrected chi connectivity index (χ2v) is 2.34. The quantitative estimate of drug-likeness (QED) is 0.665. The average Bonchev–Trinajstić information content (AvgIpc) is 2.09. The first kappa shape index (κ1) is 8.46. The second kappa shape index (κ2) is 4.28. The molecule has 3 nitrogen and oxygen atoms in total. The lowest BCUT2D eigenvalue weighted by atomic mass is 10.1. The topological polar surface area (TPSA) is 45.1 Å². The minimum absolute atomic E-state index is 0.0203. The third-order valence-electron chi connectivity index (χ3n) is 1.42. The standard InChI is InChI=1S/C7H9ClN2O/c8-10-7(5-11)6-1-3-9-4-2-6/h1-4,7,10-11H,5H2/t7-/m0/s1. The summed E-state index contributed by atoms with van der Waals surface area (Å²) in [5.74, 6) is 0. The summed E-state index contributed by atoms with van der Waals surface area (Å²) < 4.78 is 0. The maximum absolute atomic E-state index is 8.81. The Balaban J connectivity index is 2.74. The van der Waals surface area contributed by atoms with E-state index in [1.807, 2.05) is 0 Å². The number of nitrogens with one attached hydrogen (secondary N) is 1. The molecule has 4 heteroatoms. The summed E-state index contributed by atoms with van der Waals surface area (Å²) in [5, 5.41) is 8.81. The lowest BCUT2D eigenvalue weighted by Crippen LogP contribution is -2.15. The molecule has 0 fully saturated rings. The zero-order valence-corrected chi connectivity index (χ0v) is 6.62. The van der Waals surface area contributed by atoms with Crippen LogP contribution in [0, 0.1) is 0 Å². The molecular formula is C7H9ClN2O. The van der Waals surface area contributed by atoms with Gasteiger partial charge in [0.25, 0.3) is 0 Å². The van der Waals surface area contributed by atoms with Gasteiger partial charge in [-0.3, -0.25) is 4.98 Å². The third kappa shape index (κ3) is 2.15. The summed E-state index contributed by atoms with van der Waals surface area (Å²) in [7, 11) is 0. The smallest absolute Gasteiger partial charge is 0.0702 e. The number of pyridine rings is 1. The summed E-state index contributed by atoms with van der Waals surface area (Å²) >= 11 is 5.37. The first-order valence-corrected chi connectivity index (χ1v) is 3.63. The van der Waals surface area contributed by atoms with Crippen LogP contribution >= 0.6 is 11.8 Å². The lowest BCUT2D eigenvalue weighted by molar-refractivity contribution is 0.260. The monoisotopic (exact) mass is 172 g/mol. The number of nitrogens with zero attached hydrogens (tertiary/aromatic N) is 1. The fourth-order valence-electron chi connectivity index (χ4n) is 0.799. The van der Waals surface area contributed by atoms with Crippen molar-refractivity contribution in [1.29, 1.82) is 0 Å². The van der Waals surface area contributed by atoms with Crippen molar-refractivity contribution in [3.8, 4) is 0 Å². The van der Waals surface area contributed by atoms with Crippen molar-refractivity contribution < 1.29 is 5.11 Å². The summed E-state index contributed by atoms with van der Waals surface area (Å²) in [5.41, 5.74) is 0.928. The Bertz CT molecular complexity index is 201. The molecule has 0 radical (unpaired) electrons. The zero-order valence-electron chi connectivity index (χ0n) is 5.87. The van der Waals surface area contributed by atoms with Gasteiger partial charge in [-0.2, -0.15) is 0 Å².